The van der Waals surface area contributed by atoms with Crippen LogP contribution in [0.5, 0.6) is 5.75 Å². The monoisotopic (exact) mass is 290 g/mol. The lowest BCUT2D eigenvalue weighted by molar-refractivity contribution is 0.341. The second kappa shape index (κ2) is 6.23. The van der Waals surface area contributed by atoms with Gasteiger partial charge in [-0.15, -0.1) is 0 Å². The number of rotatable bonds is 4. The smallest absolute Gasteiger partial charge is 0.164 e. The van der Waals surface area contributed by atoms with Crippen molar-refractivity contribution in [1.82, 2.24) is 9.97 Å². The number of ether oxygens (including phenoxy) is 1. The van der Waals surface area contributed by atoms with Gasteiger partial charge in [0.25, 0.3) is 0 Å². The molecule has 0 radical (unpaired) electrons. The summed E-state index contributed by atoms with van der Waals surface area (Å²) in [6.45, 7) is 8.71. The summed E-state index contributed by atoms with van der Waals surface area (Å²) in [6.07, 6.45) is 0. The summed E-state index contributed by atoms with van der Waals surface area (Å²) >= 11 is 6.32. The fraction of sp³-hybridized carbons (Fsp3) is 0.375. The van der Waals surface area contributed by atoms with Crippen molar-refractivity contribution >= 4 is 11.6 Å². The molecule has 0 saturated carbocycles. The Hall–Kier alpha value is -1.61. The van der Waals surface area contributed by atoms with Gasteiger partial charge in [-0.3, -0.25) is 0 Å². The molecule has 0 aliphatic rings. The van der Waals surface area contributed by atoms with E-state index in [-0.39, 0.29) is 0 Å². The van der Waals surface area contributed by atoms with Crippen LogP contribution in [0.25, 0.3) is 11.4 Å². The average molecular weight is 291 g/mol. The molecule has 20 heavy (non-hydrogen) atoms. The normalized spacial score (nSPS) is 10.9. The zero-order chi connectivity index (χ0) is 14.7. The van der Waals surface area contributed by atoms with Gasteiger partial charge in [0.2, 0.25) is 0 Å². The minimum atomic E-state index is 0.304. The van der Waals surface area contributed by atoms with Gasteiger partial charge in [-0.2, -0.15) is 0 Å². The van der Waals surface area contributed by atoms with Crippen molar-refractivity contribution in [3.05, 3.63) is 40.7 Å². The lowest BCUT2D eigenvalue weighted by Crippen LogP contribution is -2.03. The molecular weight excluding hydrogens is 272 g/mol. The minimum Gasteiger partial charge on any atom is -0.493 e. The molecule has 106 valence electrons. The molecule has 0 aliphatic carbocycles. The molecule has 0 N–H and O–H groups in total. The van der Waals surface area contributed by atoms with Crippen LogP contribution in [-0.2, 0) is 0 Å². The van der Waals surface area contributed by atoms with Crippen molar-refractivity contribution in [3.63, 3.8) is 0 Å². The maximum Gasteiger partial charge on any atom is 0.164 e. The molecule has 1 aromatic heterocycles. The third-order valence-corrected chi connectivity index (χ3v) is 3.38. The number of hydrogen-bond donors (Lipinski definition) is 0. The maximum atomic E-state index is 6.32. The van der Waals surface area contributed by atoms with E-state index in [0.29, 0.717) is 23.5 Å². The van der Waals surface area contributed by atoms with Crippen LogP contribution >= 0.6 is 11.6 Å². The fourth-order valence-electron chi connectivity index (χ4n) is 2.26. The summed E-state index contributed by atoms with van der Waals surface area (Å²) < 4.78 is 5.63. The highest BCUT2D eigenvalue weighted by molar-refractivity contribution is 6.30. The highest BCUT2D eigenvalue weighted by atomic mass is 35.5. The van der Waals surface area contributed by atoms with Crippen molar-refractivity contribution < 1.29 is 4.74 Å². The molecule has 0 atom stereocenters. The Bertz CT molecular complexity index is 588. The summed E-state index contributed by atoms with van der Waals surface area (Å²) in [4.78, 5) is 9.04. The zero-order valence-corrected chi connectivity index (χ0v) is 13.0. The number of hydrogen-bond acceptors (Lipinski definition) is 3. The van der Waals surface area contributed by atoms with Gasteiger partial charge in [-0.05, 0) is 31.9 Å². The third kappa shape index (κ3) is 2.93. The number of aryl methyl sites for hydroxylation is 1. The number of aromatic nitrogens is 2. The van der Waals surface area contributed by atoms with Crippen LogP contribution in [0.15, 0.2) is 24.3 Å². The Morgan fingerprint density at radius 3 is 2.50 bits per heavy atom. The molecule has 0 unspecified atom stereocenters. The van der Waals surface area contributed by atoms with Crippen molar-refractivity contribution in [2.45, 2.75) is 33.6 Å². The lowest BCUT2D eigenvalue weighted by atomic mass is 10.0. The van der Waals surface area contributed by atoms with Crippen LogP contribution in [0.1, 0.15) is 37.9 Å². The van der Waals surface area contributed by atoms with E-state index in [1.165, 1.54) is 0 Å². The topological polar surface area (TPSA) is 35.0 Å². The van der Waals surface area contributed by atoms with Gasteiger partial charge in [0.1, 0.15) is 10.9 Å². The number of halogens is 1. The first-order valence-electron chi connectivity index (χ1n) is 6.80. The SMILES string of the molecule is CCOc1ccccc1-c1nc(C)c(C(C)C)c(Cl)n1. The van der Waals surface area contributed by atoms with Crippen LogP contribution in [0, 0.1) is 6.92 Å². The first-order chi connectivity index (χ1) is 9.54. The highest BCUT2D eigenvalue weighted by Crippen LogP contribution is 2.31. The molecule has 0 spiro atoms. The third-order valence-electron chi connectivity index (χ3n) is 3.09. The Labute approximate surface area is 125 Å². The summed E-state index contributed by atoms with van der Waals surface area (Å²) in [7, 11) is 0. The largest absolute Gasteiger partial charge is 0.493 e. The molecule has 0 aliphatic heterocycles. The van der Waals surface area contributed by atoms with Crippen molar-refractivity contribution in [3.8, 4) is 17.1 Å². The summed E-state index contributed by atoms with van der Waals surface area (Å²) in [5.74, 6) is 1.70. The molecule has 1 aromatic carbocycles. The van der Waals surface area contributed by atoms with Crippen molar-refractivity contribution in [2.24, 2.45) is 0 Å². The molecule has 0 bridgehead atoms. The van der Waals surface area contributed by atoms with Gasteiger partial charge < -0.3 is 4.74 Å². The second-order valence-corrected chi connectivity index (χ2v) is 5.28. The molecule has 1 heterocycles. The highest BCUT2D eigenvalue weighted by Gasteiger charge is 2.16. The van der Waals surface area contributed by atoms with Gasteiger partial charge in [0.15, 0.2) is 5.82 Å². The van der Waals surface area contributed by atoms with Gasteiger partial charge >= 0.3 is 0 Å². The number of para-hydroxylation sites is 1. The van der Waals surface area contributed by atoms with E-state index in [1.54, 1.807) is 0 Å². The Balaban J connectivity index is 2.54. The van der Waals surface area contributed by atoms with E-state index in [1.807, 2.05) is 38.1 Å². The fourth-order valence-corrected chi connectivity index (χ4v) is 2.69. The van der Waals surface area contributed by atoms with Crippen LogP contribution in [0.3, 0.4) is 0 Å². The summed E-state index contributed by atoms with van der Waals surface area (Å²) in [5.41, 5.74) is 2.79. The number of benzene rings is 1. The quantitative estimate of drug-likeness (QED) is 0.770. The number of nitrogens with zero attached hydrogens (tertiary/aromatic N) is 2. The van der Waals surface area contributed by atoms with Gasteiger partial charge in [0, 0.05) is 11.3 Å². The Kier molecular flexibility index (Phi) is 4.61. The molecular formula is C16H19ClN2O. The van der Waals surface area contributed by atoms with E-state index in [0.717, 1.165) is 22.6 Å². The van der Waals surface area contributed by atoms with E-state index in [2.05, 4.69) is 23.8 Å². The van der Waals surface area contributed by atoms with Crippen LogP contribution in [0.2, 0.25) is 5.15 Å². The Morgan fingerprint density at radius 2 is 1.90 bits per heavy atom. The molecule has 3 nitrogen and oxygen atoms in total. The van der Waals surface area contributed by atoms with Crippen LogP contribution < -0.4 is 4.74 Å². The van der Waals surface area contributed by atoms with E-state index in [4.69, 9.17) is 16.3 Å². The zero-order valence-electron chi connectivity index (χ0n) is 12.3. The molecule has 2 aromatic rings. The predicted molar refractivity (Wildman–Crippen MR) is 82.5 cm³/mol. The van der Waals surface area contributed by atoms with Crippen LogP contribution in [-0.4, -0.2) is 16.6 Å². The first-order valence-corrected chi connectivity index (χ1v) is 7.18. The molecule has 4 heteroatoms. The van der Waals surface area contributed by atoms with E-state index < -0.39 is 0 Å². The maximum absolute atomic E-state index is 6.32. The first kappa shape index (κ1) is 14.8. The molecule has 0 saturated heterocycles. The van der Waals surface area contributed by atoms with Gasteiger partial charge in [-0.25, -0.2) is 9.97 Å². The van der Waals surface area contributed by atoms with E-state index in [9.17, 15) is 0 Å². The molecule has 0 amide bonds. The molecule has 2 rings (SSSR count). The minimum absolute atomic E-state index is 0.304. The van der Waals surface area contributed by atoms with E-state index >= 15 is 0 Å². The van der Waals surface area contributed by atoms with Gasteiger partial charge in [-0.1, -0.05) is 37.6 Å². The second-order valence-electron chi connectivity index (χ2n) is 4.92. The summed E-state index contributed by atoms with van der Waals surface area (Å²) in [6, 6.07) is 7.75. The standard InChI is InChI=1S/C16H19ClN2O/c1-5-20-13-9-7-6-8-12(13)16-18-11(4)14(10(2)3)15(17)19-16/h6-10H,5H2,1-4H3. The molecule has 0 fully saturated rings. The predicted octanol–water partition coefficient (Wildman–Crippen LogP) is 4.63. The van der Waals surface area contributed by atoms with Crippen molar-refractivity contribution in [2.75, 3.05) is 6.61 Å². The lowest BCUT2D eigenvalue weighted by Gasteiger charge is -2.14. The van der Waals surface area contributed by atoms with Crippen molar-refractivity contribution in [1.29, 1.82) is 0 Å². The Morgan fingerprint density at radius 1 is 1.20 bits per heavy atom. The van der Waals surface area contributed by atoms with Gasteiger partial charge in [0.05, 0.1) is 12.2 Å². The van der Waals surface area contributed by atoms with Crippen LogP contribution in [0.4, 0.5) is 0 Å². The summed E-state index contributed by atoms with van der Waals surface area (Å²) in [5, 5.41) is 0.522. The average Bonchev–Trinajstić information content (AvgIpc) is 2.38.